The number of benzene rings is 1. The van der Waals surface area contributed by atoms with E-state index < -0.39 is 0 Å². The van der Waals surface area contributed by atoms with Crippen molar-refractivity contribution < 1.29 is 14.0 Å². The van der Waals surface area contributed by atoms with Crippen LogP contribution in [0, 0.1) is 12.7 Å². The van der Waals surface area contributed by atoms with Crippen LogP contribution in [0.5, 0.6) is 0 Å². The molecule has 0 unspecified atom stereocenters. The van der Waals surface area contributed by atoms with Crippen LogP contribution in [0.2, 0.25) is 0 Å². The lowest BCUT2D eigenvalue weighted by Crippen LogP contribution is -2.35. The van der Waals surface area contributed by atoms with Gasteiger partial charge in [-0.05, 0) is 24.6 Å². The van der Waals surface area contributed by atoms with Gasteiger partial charge in [-0.15, -0.1) is 11.3 Å². The molecule has 0 spiro atoms. The van der Waals surface area contributed by atoms with E-state index in [1.807, 2.05) is 0 Å². The summed E-state index contributed by atoms with van der Waals surface area (Å²) in [6.45, 7) is 1.61. The summed E-state index contributed by atoms with van der Waals surface area (Å²) in [6.07, 6.45) is 0. The molecule has 0 aliphatic carbocycles. The molecule has 1 aromatic heterocycles. The van der Waals surface area contributed by atoms with Crippen LogP contribution in [0.15, 0.2) is 18.2 Å². The average molecular weight is 280 g/mol. The van der Waals surface area contributed by atoms with Crippen molar-refractivity contribution in [1.82, 2.24) is 10.6 Å². The summed E-state index contributed by atoms with van der Waals surface area (Å²) < 4.78 is 14.4. The number of carbonyl (C=O) groups is 2. The van der Waals surface area contributed by atoms with Gasteiger partial charge in [-0.3, -0.25) is 9.59 Å². The number of amides is 2. The highest BCUT2D eigenvalue weighted by Crippen LogP contribution is 2.32. The van der Waals surface area contributed by atoms with E-state index in [2.05, 4.69) is 10.6 Å². The van der Waals surface area contributed by atoms with Crippen molar-refractivity contribution in [3.8, 4) is 0 Å². The van der Waals surface area contributed by atoms with Crippen molar-refractivity contribution in [3.63, 3.8) is 0 Å². The van der Waals surface area contributed by atoms with Crippen molar-refractivity contribution >= 4 is 33.2 Å². The quantitative estimate of drug-likeness (QED) is 0.901. The molecule has 0 aliphatic rings. The van der Waals surface area contributed by atoms with Gasteiger partial charge in [0.05, 0.1) is 11.4 Å². The molecule has 19 heavy (non-hydrogen) atoms. The molecule has 100 valence electrons. The third-order valence-electron chi connectivity index (χ3n) is 2.80. The molecule has 1 aromatic carbocycles. The average Bonchev–Trinajstić information content (AvgIpc) is 2.74. The predicted octanol–water partition coefficient (Wildman–Crippen LogP) is 1.82. The van der Waals surface area contributed by atoms with E-state index in [0.717, 1.165) is 4.70 Å². The fourth-order valence-corrected chi connectivity index (χ4v) is 2.94. The molecule has 1 heterocycles. The zero-order valence-electron chi connectivity index (χ0n) is 10.5. The lowest BCUT2D eigenvalue weighted by Gasteiger charge is -2.03. The summed E-state index contributed by atoms with van der Waals surface area (Å²) in [5.41, 5.74) is 0.604. The number of thiophene rings is 1. The molecule has 2 N–H and O–H groups in total. The first-order valence-electron chi connectivity index (χ1n) is 5.71. The van der Waals surface area contributed by atoms with E-state index in [0.29, 0.717) is 15.8 Å². The third kappa shape index (κ3) is 2.58. The Kier molecular flexibility index (Phi) is 3.80. The lowest BCUT2D eigenvalue weighted by molar-refractivity contribution is -0.119. The van der Waals surface area contributed by atoms with E-state index >= 15 is 0 Å². The second-order valence-corrected chi connectivity index (χ2v) is 5.08. The van der Waals surface area contributed by atoms with Gasteiger partial charge >= 0.3 is 0 Å². The Bertz CT molecular complexity index is 651. The number of nitrogens with one attached hydrogen (secondary N) is 2. The maximum Gasteiger partial charge on any atom is 0.262 e. The van der Waals surface area contributed by atoms with Crippen molar-refractivity contribution in [3.05, 3.63) is 34.5 Å². The Morgan fingerprint density at radius 2 is 2.11 bits per heavy atom. The molecule has 0 radical (unpaired) electrons. The van der Waals surface area contributed by atoms with Crippen LogP contribution < -0.4 is 10.6 Å². The number of halogens is 1. The molecule has 0 saturated carbocycles. The Labute approximate surface area is 113 Å². The second-order valence-electron chi connectivity index (χ2n) is 4.03. The van der Waals surface area contributed by atoms with Crippen molar-refractivity contribution in [2.75, 3.05) is 13.6 Å². The fourth-order valence-electron chi connectivity index (χ4n) is 1.80. The van der Waals surface area contributed by atoms with Gasteiger partial charge in [-0.1, -0.05) is 6.07 Å². The number of likely N-dealkylation sites (N-methyl/N-ethyl adjacent to an activating group) is 1. The van der Waals surface area contributed by atoms with Crippen LogP contribution in [-0.4, -0.2) is 25.4 Å². The van der Waals surface area contributed by atoms with Crippen LogP contribution in [-0.2, 0) is 4.79 Å². The van der Waals surface area contributed by atoms with E-state index in [4.69, 9.17) is 0 Å². The topological polar surface area (TPSA) is 58.2 Å². The summed E-state index contributed by atoms with van der Waals surface area (Å²) in [5.74, 6) is -0.975. The van der Waals surface area contributed by atoms with Gasteiger partial charge in [-0.2, -0.15) is 0 Å². The highest BCUT2D eigenvalue weighted by atomic mass is 32.1. The number of hydrogen-bond donors (Lipinski definition) is 2. The largest absolute Gasteiger partial charge is 0.358 e. The summed E-state index contributed by atoms with van der Waals surface area (Å²) in [5, 5.41) is 5.39. The van der Waals surface area contributed by atoms with Gasteiger partial charge in [0.25, 0.3) is 5.91 Å². The monoisotopic (exact) mass is 280 g/mol. The minimum Gasteiger partial charge on any atom is -0.358 e. The Morgan fingerprint density at radius 3 is 2.74 bits per heavy atom. The highest BCUT2D eigenvalue weighted by Gasteiger charge is 2.17. The maximum atomic E-state index is 13.7. The Hall–Kier alpha value is -1.95. The molecule has 0 saturated heterocycles. The predicted molar refractivity (Wildman–Crippen MR) is 72.9 cm³/mol. The molecule has 0 aliphatic heterocycles. The molecule has 0 fully saturated rings. The van der Waals surface area contributed by atoms with Gasteiger partial charge in [0.1, 0.15) is 5.82 Å². The van der Waals surface area contributed by atoms with Crippen LogP contribution in [0.4, 0.5) is 4.39 Å². The Balaban J connectivity index is 2.30. The minimum absolute atomic E-state index is 0.0918. The van der Waals surface area contributed by atoms with Crippen LogP contribution in [0.3, 0.4) is 0 Å². The van der Waals surface area contributed by atoms with Crippen LogP contribution in [0.1, 0.15) is 15.2 Å². The summed E-state index contributed by atoms with van der Waals surface area (Å²) in [6, 6.07) is 4.75. The summed E-state index contributed by atoms with van der Waals surface area (Å²) in [7, 11) is 1.49. The second kappa shape index (κ2) is 5.36. The number of aryl methyl sites for hydroxylation is 1. The normalized spacial score (nSPS) is 10.5. The molecular formula is C13H13FN2O2S. The molecular weight excluding hydrogens is 267 g/mol. The van der Waals surface area contributed by atoms with E-state index in [9.17, 15) is 14.0 Å². The standard InChI is InChI=1S/C13H13FN2O2S/c1-7-11-8(14)4-3-5-9(11)19-12(7)13(18)16-6-10(17)15-2/h3-5H,6H2,1-2H3,(H,15,17)(H,16,18). The van der Waals surface area contributed by atoms with Gasteiger partial charge < -0.3 is 10.6 Å². The zero-order valence-corrected chi connectivity index (χ0v) is 11.4. The fraction of sp³-hybridized carbons (Fsp3) is 0.231. The van der Waals surface area contributed by atoms with Gasteiger partial charge in [0, 0.05) is 17.1 Å². The van der Waals surface area contributed by atoms with Gasteiger partial charge in [0.2, 0.25) is 5.91 Å². The molecule has 0 bridgehead atoms. The summed E-state index contributed by atoms with van der Waals surface area (Å²) in [4.78, 5) is 23.5. The smallest absolute Gasteiger partial charge is 0.262 e. The SMILES string of the molecule is CNC(=O)CNC(=O)c1sc2cccc(F)c2c1C. The first-order chi connectivity index (χ1) is 9.04. The van der Waals surface area contributed by atoms with Crippen LogP contribution in [0.25, 0.3) is 10.1 Å². The molecule has 6 heteroatoms. The number of hydrogen-bond acceptors (Lipinski definition) is 3. The molecule has 4 nitrogen and oxygen atoms in total. The molecule has 2 rings (SSSR count). The Morgan fingerprint density at radius 1 is 1.37 bits per heavy atom. The number of carbonyl (C=O) groups excluding carboxylic acids is 2. The van der Waals surface area contributed by atoms with Crippen molar-refractivity contribution in [1.29, 1.82) is 0 Å². The molecule has 2 aromatic rings. The molecule has 0 atom stereocenters. The van der Waals surface area contributed by atoms with E-state index in [-0.39, 0.29) is 24.2 Å². The first kappa shape index (κ1) is 13.5. The van der Waals surface area contributed by atoms with Crippen molar-refractivity contribution in [2.24, 2.45) is 0 Å². The zero-order chi connectivity index (χ0) is 14.0. The van der Waals surface area contributed by atoms with Gasteiger partial charge in [-0.25, -0.2) is 4.39 Å². The lowest BCUT2D eigenvalue weighted by atomic mass is 10.1. The number of rotatable bonds is 3. The number of fused-ring (bicyclic) bond motifs is 1. The minimum atomic E-state index is -0.360. The third-order valence-corrected chi connectivity index (χ3v) is 4.05. The van der Waals surface area contributed by atoms with Crippen LogP contribution >= 0.6 is 11.3 Å². The van der Waals surface area contributed by atoms with Gasteiger partial charge in [0.15, 0.2) is 0 Å². The van der Waals surface area contributed by atoms with E-state index in [1.165, 1.54) is 24.5 Å². The maximum absolute atomic E-state index is 13.7. The van der Waals surface area contributed by atoms with E-state index in [1.54, 1.807) is 19.1 Å². The molecule has 2 amide bonds. The highest BCUT2D eigenvalue weighted by molar-refractivity contribution is 7.21. The summed E-state index contributed by atoms with van der Waals surface area (Å²) >= 11 is 1.22. The first-order valence-corrected chi connectivity index (χ1v) is 6.52. The van der Waals surface area contributed by atoms with Crippen molar-refractivity contribution in [2.45, 2.75) is 6.92 Å².